The molecule has 0 rings (SSSR count). The first-order chi connectivity index (χ1) is 6.34. The third-order valence-electron chi connectivity index (χ3n) is 1.84. The first kappa shape index (κ1) is 12.5. The van der Waals surface area contributed by atoms with Crippen LogP contribution in [0.15, 0.2) is 41.6 Å². The van der Waals surface area contributed by atoms with Gasteiger partial charge >= 0.3 is 0 Å². The second-order valence-electron chi connectivity index (χ2n) is 3.42. The fourth-order valence-corrected chi connectivity index (χ4v) is 0.612. The number of nitrogens with one attached hydrogen (secondary N) is 1. The van der Waals surface area contributed by atoms with E-state index in [4.69, 9.17) is 5.73 Å². The number of nitrogens with two attached hydrogens (primary N) is 1. The van der Waals surface area contributed by atoms with Gasteiger partial charge in [0.1, 0.15) is 0 Å². The summed E-state index contributed by atoms with van der Waals surface area (Å²) in [5.74, 6) is 0.341. The van der Waals surface area contributed by atoms with E-state index >= 15 is 0 Å². The number of hydrogen-bond acceptors (Lipinski definition) is 1. The first-order valence-corrected chi connectivity index (χ1v) is 4.45. The van der Waals surface area contributed by atoms with Crippen molar-refractivity contribution in [2.24, 2.45) is 10.7 Å². The summed E-state index contributed by atoms with van der Waals surface area (Å²) in [7, 11) is 0. The zero-order valence-corrected chi connectivity index (χ0v) is 9.22. The van der Waals surface area contributed by atoms with Crippen molar-refractivity contribution in [3.8, 4) is 0 Å². The molecule has 0 aromatic carbocycles. The maximum absolute atomic E-state index is 5.65. The molecular formula is C11H19N3. The molecule has 0 aromatic rings. The van der Waals surface area contributed by atoms with E-state index in [1.807, 2.05) is 20.8 Å². The van der Waals surface area contributed by atoms with Gasteiger partial charge in [-0.1, -0.05) is 25.3 Å². The highest BCUT2D eigenvalue weighted by atomic mass is 15.1. The summed E-state index contributed by atoms with van der Waals surface area (Å²) in [5, 5.41) is 2.86. The molecule has 1 unspecified atom stereocenters. The van der Waals surface area contributed by atoms with Crippen LogP contribution in [0.2, 0.25) is 0 Å². The lowest BCUT2D eigenvalue weighted by Gasteiger charge is -2.11. The van der Waals surface area contributed by atoms with Gasteiger partial charge in [-0.15, -0.1) is 0 Å². The van der Waals surface area contributed by atoms with E-state index in [9.17, 15) is 0 Å². The third-order valence-corrected chi connectivity index (χ3v) is 1.84. The number of rotatable bonds is 4. The summed E-state index contributed by atoms with van der Waals surface area (Å²) >= 11 is 0. The molecule has 3 heteroatoms. The van der Waals surface area contributed by atoms with Crippen molar-refractivity contribution in [1.82, 2.24) is 5.32 Å². The average molecular weight is 193 g/mol. The number of nitrogens with zero attached hydrogens (tertiary/aromatic N) is 1. The second-order valence-corrected chi connectivity index (χ2v) is 3.42. The molecule has 0 saturated heterocycles. The highest BCUT2D eigenvalue weighted by Crippen LogP contribution is 2.02. The van der Waals surface area contributed by atoms with Crippen LogP contribution >= 0.6 is 0 Å². The topological polar surface area (TPSA) is 50.4 Å². The largest absolute Gasteiger partial charge is 0.370 e. The maximum Gasteiger partial charge on any atom is 0.193 e. The van der Waals surface area contributed by atoms with Gasteiger partial charge < -0.3 is 11.1 Å². The molecule has 0 aromatic heterocycles. The van der Waals surface area contributed by atoms with E-state index in [0.29, 0.717) is 11.7 Å². The smallest absolute Gasteiger partial charge is 0.193 e. The predicted octanol–water partition coefficient (Wildman–Crippen LogP) is 1.95. The van der Waals surface area contributed by atoms with Gasteiger partial charge in [0.15, 0.2) is 5.96 Å². The molecule has 0 aliphatic heterocycles. The van der Waals surface area contributed by atoms with E-state index in [-0.39, 0.29) is 6.04 Å². The summed E-state index contributed by atoms with van der Waals surface area (Å²) in [4.78, 5) is 4.18. The van der Waals surface area contributed by atoms with Gasteiger partial charge in [-0.2, -0.15) is 0 Å². The Hall–Kier alpha value is -1.51. The Morgan fingerprint density at radius 2 is 1.79 bits per heavy atom. The van der Waals surface area contributed by atoms with Crippen LogP contribution in [0.4, 0.5) is 0 Å². The molecule has 0 bridgehead atoms. The van der Waals surface area contributed by atoms with Crippen molar-refractivity contribution in [1.29, 1.82) is 0 Å². The summed E-state index contributed by atoms with van der Waals surface area (Å²) in [5.41, 5.74) is 8.13. The number of aliphatic imine (C=N–C) groups is 1. The molecule has 0 spiro atoms. The zero-order valence-electron chi connectivity index (χ0n) is 9.22. The lowest BCUT2D eigenvalue weighted by Crippen LogP contribution is -2.32. The van der Waals surface area contributed by atoms with E-state index in [1.165, 1.54) is 0 Å². The molecule has 0 heterocycles. The monoisotopic (exact) mass is 193 g/mol. The van der Waals surface area contributed by atoms with E-state index < -0.39 is 0 Å². The van der Waals surface area contributed by atoms with E-state index in [1.54, 1.807) is 0 Å². The van der Waals surface area contributed by atoms with Crippen molar-refractivity contribution in [2.45, 2.75) is 26.8 Å². The molecule has 0 radical (unpaired) electrons. The molecule has 1 atom stereocenters. The van der Waals surface area contributed by atoms with Crippen LogP contribution in [0, 0.1) is 0 Å². The highest BCUT2D eigenvalue weighted by molar-refractivity contribution is 5.80. The first-order valence-electron chi connectivity index (χ1n) is 4.45. The Kier molecular flexibility index (Phi) is 4.70. The van der Waals surface area contributed by atoms with Gasteiger partial charge in [-0.25, -0.2) is 4.99 Å². The van der Waals surface area contributed by atoms with Crippen molar-refractivity contribution in [3.05, 3.63) is 36.6 Å². The Morgan fingerprint density at radius 3 is 2.14 bits per heavy atom. The predicted molar refractivity (Wildman–Crippen MR) is 63.0 cm³/mol. The number of guanidine groups is 1. The Bertz CT molecular complexity index is 287. The molecule has 0 saturated carbocycles. The van der Waals surface area contributed by atoms with Crippen LogP contribution in [0.25, 0.3) is 0 Å². The van der Waals surface area contributed by atoms with Gasteiger partial charge in [0.2, 0.25) is 0 Å². The van der Waals surface area contributed by atoms with Crippen LogP contribution < -0.4 is 11.1 Å². The third kappa shape index (κ3) is 4.50. The molecule has 14 heavy (non-hydrogen) atoms. The normalized spacial score (nSPS) is 13.2. The summed E-state index contributed by atoms with van der Waals surface area (Å²) in [6.07, 6.45) is 0. The SMILES string of the molecule is C=C(C)C(=C)NC(N)=NC(C)C(=C)C. The molecule has 78 valence electrons. The minimum atomic E-state index is 0.0143. The van der Waals surface area contributed by atoms with Crippen LogP contribution in [0.3, 0.4) is 0 Å². The quantitative estimate of drug-likeness (QED) is 0.310. The summed E-state index contributed by atoms with van der Waals surface area (Å²) in [6, 6.07) is 0.0143. The van der Waals surface area contributed by atoms with Crippen LogP contribution in [-0.2, 0) is 0 Å². The lowest BCUT2D eigenvalue weighted by atomic mass is 10.2. The van der Waals surface area contributed by atoms with Crippen LogP contribution in [-0.4, -0.2) is 12.0 Å². The molecular weight excluding hydrogens is 174 g/mol. The van der Waals surface area contributed by atoms with Crippen molar-refractivity contribution >= 4 is 5.96 Å². The molecule has 0 amide bonds. The lowest BCUT2D eigenvalue weighted by molar-refractivity contribution is 0.852. The summed E-state index contributed by atoms with van der Waals surface area (Å²) in [6.45, 7) is 17.0. The van der Waals surface area contributed by atoms with Crippen molar-refractivity contribution in [2.75, 3.05) is 0 Å². The Morgan fingerprint density at radius 1 is 1.29 bits per heavy atom. The van der Waals surface area contributed by atoms with Gasteiger partial charge in [0.25, 0.3) is 0 Å². The van der Waals surface area contributed by atoms with Crippen molar-refractivity contribution in [3.63, 3.8) is 0 Å². The summed E-state index contributed by atoms with van der Waals surface area (Å²) < 4.78 is 0. The zero-order chi connectivity index (χ0) is 11.3. The molecule has 0 aliphatic carbocycles. The minimum absolute atomic E-state index is 0.0143. The maximum atomic E-state index is 5.65. The Balaban J connectivity index is 4.34. The standard InChI is InChI=1S/C11H19N3/c1-7(2)9(5)13-11(12)14-10(6)8(3)4/h10H,1,3,5H2,2,4,6H3,(H3,12,13,14). The van der Waals surface area contributed by atoms with Gasteiger partial charge in [-0.05, 0) is 26.3 Å². The second kappa shape index (κ2) is 5.27. The van der Waals surface area contributed by atoms with E-state index in [0.717, 1.165) is 11.1 Å². The average Bonchev–Trinajstić information content (AvgIpc) is 2.03. The van der Waals surface area contributed by atoms with Crippen LogP contribution in [0.1, 0.15) is 20.8 Å². The van der Waals surface area contributed by atoms with Crippen LogP contribution in [0.5, 0.6) is 0 Å². The fourth-order valence-electron chi connectivity index (χ4n) is 0.612. The Labute approximate surface area is 86.1 Å². The number of allylic oxidation sites excluding steroid dienone is 1. The fraction of sp³-hybridized carbons (Fsp3) is 0.364. The van der Waals surface area contributed by atoms with Crippen molar-refractivity contribution < 1.29 is 0 Å². The molecule has 3 nitrogen and oxygen atoms in total. The molecule has 0 aliphatic rings. The molecule has 0 fully saturated rings. The molecule has 3 N–H and O–H groups in total. The highest BCUT2D eigenvalue weighted by Gasteiger charge is 2.01. The minimum Gasteiger partial charge on any atom is -0.370 e. The van der Waals surface area contributed by atoms with Gasteiger partial charge in [0, 0.05) is 5.70 Å². The van der Waals surface area contributed by atoms with E-state index in [2.05, 4.69) is 30.0 Å². The van der Waals surface area contributed by atoms with Gasteiger partial charge in [-0.3, -0.25) is 0 Å². The van der Waals surface area contributed by atoms with Gasteiger partial charge in [0.05, 0.1) is 6.04 Å². The number of hydrogen-bond donors (Lipinski definition) is 2.